The molecule has 38 heavy (non-hydrogen) atoms. The van der Waals surface area contributed by atoms with Gasteiger partial charge < -0.3 is 24.8 Å². The normalized spacial score (nSPS) is 10.5. The third-order valence-electron chi connectivity index (χ3n) is 5.37. The Balaban J connectivity index is 1.60. The number of benzene rings is 3. The fourth-order valence-electron chi connectivity index (χ4n) is 3.30. The molecule has 0 aliphatic heterocycles. The lowest BCUT2D eigenvalue weighted by atomic mass is 10.1. The molecule has 0 fully saturated rings. The summed E-state index contributed by atoms with van der Waals surface area (Å²) < 4.78 is 16.4. The minimum Gasteiger partial charge on any atom is -0.494 e. The van der Waals surface area contributed by atoms with Gasteiger partial charge in [-0.05, 0) is 80.4 Å². The average molecular weight is 519 g/mol. The maximum atomic E-state index is 12.4. The van der Waals surface area contributed by atoms with Crippen molar-refractivity contribution in [3.63, 3.8) is 0 Å². The van der Waals surface area contributed by atoms with Gasteiger partial charge in [-0.3, -0.25) is 14.4 Å². The zero-order chi connectivity index (χ0) is 27.5. The summed E-state index contributed by atoms with van der Waals surface area (Å²) in [6.45, 7) is 6.00. The highest BCUT2D eigenvalue weighted by Gasteiger charge is 2.15. The molecule has 0 aliphatic carbocycles. The Morgan fingerprint density at radius 3 is 2.29 bits per heavy atom. The molecule has 0 heterocycles. The molecule has 10 heteroatoms. The average Bonchev–Trinajstić information content (AvgIpc) is 2.91. The van der Waals surface area contributed by atoms with Crippen molar-refractivity contribution in [2.24, 2.45) is 5.10 Å². The fraction of sp³-hybridized carbons (Fsp3) is 0.214. The number of hydrogen-bond acceptors (Lipinski definition) is 7. The SMILES string of the molecule is CCOc1ccc(NC(=O)COc2c(/C=N\NC(=O)C(=O)Nc3ccc(C)c(C)c3)cccc2OC)cc1. The number of ether oxygens (including phenoxy) is 3. The van der Waals surface area contributed by atoms with Crippen LogP contribution >= 0.6 is 0 Å². The molecule has 3 aromatic rings. The molecule has 0 radical (unpaired) electrons. The number of carbonyl (C=O) groups is 3. The quantitative estimate of drug-likeness (QED) is 0.213. The van der Waals surface area contributed by atoms with Crippen LogP contribution in [0, 0.1) is 13.8 Å². The standard InChI is InChI=1S/C28H30N4O6/c1-5-37-23-13-11-21(12-14-23)30-25(33)17-38-26-20(7-6-8-24(26)36-4)16-29-32-28(35)27(34)31-22-10-9-18(2)19(3)15-22/h6-16H,5,17H2,1-4H3,(H,30,33)(H,31,34)(H,32,35)/b29-16-. The lowest BCUT2D eigenvalue weighted by Crippen LogP contribution is -2.32. The summed E-state index contributed by atoms with van der Waals surface area (Å²) >= 11 is 0. The van der Waals surface area contributed by atoms with Gasteiger partial charge in [-0.15, -0.1) is 0 Å². The first-order valence-electron chi connectivity index (χ1n) is 11.8. The van der Waals surface area contributed by atoms with Crippen LogP contribution in [-0.2, 0) is 14.4 Å². The van der Waals surface area contributed by atoms with E-state index < -0.39 is 11.8 Å². The number of para-hydroxylation sites is 1. The Kier molecular flexibility index (Phi) is 9.81. The predicted octanol–water partition coefficient (Wildman–Crippen LogP) is 3.82. The number of nitrogens with zero attached hydrogens (tertiary/aromatic N) is 1. The van der Waals surface area contributed by atoms with Gasteiger partial charge in [-0.2, -0.15) is 5.10 Å². The van der Waals surface area contributed by atoms with E-state index in [1.54, 1.807) is 54.6 Å². The zero-order valence-electron chi connectivity index (χ0n) is 21.7. The molecule has 0 saturated heterocycles. The first kappa shape index (κ1) is 27.7. The van der Waals surface area contributed by atoms with E-state index in [0.717, 1.165) is 11.1 Å². The third kappa shape index (κ3) is 7.82. The lowest BCUT2D eigenvalue weighted by molar-refractivity contribution is -0.136. The van der Waals surface area contributed by atoms with E-state index >= 15 is 0 Å². The summed E-state index contributed by atoms with van der Waals surface area (Å²) in [5.41, 5.74) is 5.76. The molecule has 0 aromatic heterocycles. The van der Waals surface area contributed by atoms with Crippen LogP contribution in [0.2, 0.25) is 0 Å². The van der Waals surface area contributed by atoms with Crippen LogP contribution in [0.25, 0.3) is 0 Å². The number of aryl methyl sites for hydroxylation is 2. The molecule has 10 nitrogen and oxygen atoms in total. The molecular weight excluding hydrogens is 488 g/mol. The van der Waals surface area contributed by atoms with Crippen molar-refractivity contribution >= 4 is 35.3 Å². The van der Waals surface area contributed by atoms with Crippen molar-refractivity contribution in [3.8, 4) is 17.2 Å². The van der Waals surface area contributed by atoms with Gasteiger partial charge in [0, 0.05) is 16.9 Å². The topological polar surface area (TPSA) is 127 Å². The van der Waals surface area contributed by atoms with E-state index in [4.69, 9.17) is 14.2 Å². The molecule has 0 atom stereocenters. The van der Waals surface area contributed by atoms with Crippen molar-refractivity contribution in [3.05, 3.63) is 77.4 Å². The molecule has 198 valence electrons. The largest absolute Gasteiger partial charge is 0.494 e. The van der Waals surface area contributed by atoms with Gasteiger partial charge in [-0.1, -0.05) is 12.1 Å². The Labute approximate surface area is 221 Å². The highest BCUT2D eigenvalue weighted by atomic mass is 16.5. The van der Waals surface area contributed by atoms with Gasteiger partial charge in [0.05, 0.1) is 19.9 Å². The van der Waals surface area contributed by atoms with Crippen molar-refractivity contribution in [1.82, 2.24) is 5.43 Å². The number of rotatable bonds is 10. The first-order chi connectivity index (χ1) is 18.3. The van der Waals surface area contributed by atoms with E-state index in [1.807, 2.05) is 26.8 Å². The third-order valence-corrected chi connectivity index (χ3v) is 5.37. The summed E-state index contributed by atoms with van der Waals surface area (Å²) in [6, 6.07) is 17.3. The predicted molar refractivity (Wildman–Crippen MR) is 145 cm³/mol. The van der Waals surface area contributed by atoms with Crippen LogP contribution in [0.1, 0.15) is 23.6 Å². The van der Waals surface area contributed by atoms with Crippen LogP contribution in [-0.4, -0.2) is 44.3 Å². The number of anilines is 2. The Morgan fingerprint density at radius 2 is 1.61 bits per heavy atom. The van der Waals surface area contributed by atoms with Crippen LogP contribution in [0.4, 0.5) is 11.4 Å². The highest BCUT2D eigenvalue weighted by Crippen LogP contribution is 2.30. The monoisotopic (exact) mass is 518 g/mol. The smallest absolute Gasteiger partial charge is 0.329 e. The van der Waals surface area contributed by atoms with Crippen LogP contribution in [0.15, 0.2) is 65.8 Å². The first-order valence-corrected chi connectivity index (χ1v) is 11.8. The molecule has 3 aromatic carbocycles. The van der Waals surface area contributed by atoms with Crippen LogP contribution in [0.5, 0.6) is 17.2 Å². The van der Waals surface area contributed by atoms with Gasteiger partial charge in [-0.25, -0.2) is 5.43 Å². The Morgan fingerprint density at radius 1 is 0.868 bits per heavy atom. The summed E-state index contributed by atoms with van der Waals surface area (Å²) in [5.74, 6) is -0.886. The summed E-state index contributed by atoms with van der Waals surface area (Å²) in [4.78, 5) is 36.8. The van der Waals surface area contributed by atoms with Gasteiger partial charge >= 0.3 is 11.8 Å². The summed E-state index contributed by atoms with van der Waals surface area (Å²) in [7, 11) is 1.46. The minimum atomic E-state index is -0.945. The summed E-state index contributed by atoms with van der Waals surface area (Å²) in [6.07, 6.45) is 1.30. The molecule has 0 saturated carbocycles. The maximum absolute atomic E-state index is 12.4. The Hall–Kier alpha value is -4.86. The van der Waals surface area contributed by atoms with Gasteiger partial charge in [0.1, 0.15) is 5.75 Å². The second-order valence-electron chi connectivity index (χ2n) is 8.13. The second kappa shape index (κ2) is 13.4. The maximum Gasteiger partial charge on any atom is 0.329 e. The number of amides is 3. The van der Waals surface area contributed by atoms with E-state index in [9.17, 15) is 14.4 Å². The molecule has 3 amide bonds. The second-order valence-corrected chi connectivity index (χ2v) is 8.13. The van der Waals surface area contributed by atoms with Gasteiger partial charge in [0.2, 0.25) is 0 Å². The van der Waals surface area contributed by atoms with E-state index in [1.165, 1.54) is 13.3 Å². The van der Waals surface area contributed by atoms with E-state index in [2.05, 4.69) is 21.2 Å². The lowest BCUT2D eigenvalue weighted by Gasteiger charge is -2.13. The van der Waals surface area contributed by atoms with Crippen molar-refractivity contribution in [1.29, 1.82) is 0 Å². The molecule has 0 spiro atoms. The van der Waals surface area contributed by atoms with Gasteiger partial charge in [0.15, 0.2) is 18.1 Å². The molecular formula is C28H30N4O6. The van der Waals surface area contributed by atoms with Gasteiger partial charge in [0.25, 0.3) is 5.91 Å². The molecule has 0 aliphatic rings. The number of nitrogens with one attached hydrogen (secondary N) is 3. The molecule has 3 rings (SSSR count). The summed E-state index contributed by atoms with van der Waals surface area (Å²) in [5, 5.41) is 9.13. The molecule has 3 N–H and O–H groups in total. The molecule has 0 unspecified atom stereocenters. The Bertz CT molecular complexity index is 1320. The molecule has 0 bridgehead atoms. The van der Waals surface area contributed by atoms with Crippen LogP contribution < -0.4 is 30.3 Å². The van der Waals surface area contributed by atoms with E-state index in [-0.39, 0.29) is 18.3 Å². The fourth-order valence-corrected chi connectivity index (χ4v) is 3.30. The zero-order valence-corrected chi connectivity index (χ0v) is 21.7. The van der Waals surface area contributed by atoms with Crippen molar-refractivity contribution < 1.29 is 28.6 Å². The van der Waals surface area contributed by atoms with E-state index in [0.29, 0.717) is 35.0 Å². The van der Waals surface area contributed by atoms with Crippen molar-refractivity contribution in [2.45, 2.75) is 20.8 Å². The number of hydrogen-bond donors (Lipinski definition) is 3. The van der Waals surface area contributed by atoms with Crippen molar-refractivity contribution in [2.75, 3.05) is 31.0 Å². The number of carbonyl (C=O) groups excluding carboxylic acids is 3. The minimum absolute atomic E-state index is 0.245. The van der Waals surface area contributed by atoms with Crippen LogP contribution in [0.3, 0.4) is 0 Å². The highest BCUT2D eigenvalue weighted by molar-refractivity contribution is 6.39. The number of methoxy groups -OCH3 is 1. The number of hydrazone groups is 1.